The van der Waals surface area contributed by atoms with Gasteiger partial charge in [-0.1, -0.05) is 12.1 Å². The first-order valence-corrected chi connectivity index (χ1v) is 5.48. The normalized spacial score (nSPS) is 12.6. The first-order valence-electron chi connectivity index (χ1n) is 5.48. The lowest BCUT2D eigenvalue weighted by Gasteiger charge is -2.13. The van der Waals surface area contributed by atoms with Crippen LogP contribution in [0.4, 0.5) is 4.39 Å². The van der Waals surface area contributed by atoms with Gasteiger partial charge in [-0.15, -0.1) is 10.2 Å². The molecule has 4 nitrogen and oxygen atoms in total. The van der Waals surface area contributed by atoms with Crippen molar-refractivity contribution in [3.63, 3.8) is 0 Å². The largest absolute Gasteiger partial charge is 0.320 e. The van der Waals surface area contributed by atoms with Crippen molar-refractivity contribution < 1.29 is 4.39 Å². The molecule has 2 aromatic rings. The fourth-order valence-corrected chi connectivity index (χ4v) is 1.61. The third-order valence-electron chi connectivity index (χ3n) is 2.72. The molecule has 1 atom stereocenters. The van der Waals surface area contributed by atoms with E-state index in [0.717, 1.165) is 11.4 Å². The highest BCUT2D eigenvalue weighted by Gasteiger charge is 2.07. The van der Waals surface area contributed by atoms with Gasteiger partial charge in [0, 0.05) is 13.1 Å². The van der Waals surface area contributed by atoms with E-state index in [1.807, 2.05) is 24.6 Å². The highest BCUT2D eigenvalue weighted by molar-refractivity contribution is 5.19. The molecule has 0 unspecified atom stereocenters. The van der Waals surface area contributed by atoms with Gasteiger partial charge in [0.1, 0.15) is 18.0 Å². The lowest BCUT2D eigenvalue weighted by atomic mass is 10.1. The molecule has 90 valence electrons. The van der Waals surface area contributed by atoms with Crippen molar-refractivity contribution in [1.82, 2.24) is 20.1 Å². The maximum Gasteiger partial charge on any atom is 0.146 e. The number of nitrogens with one attached hydrogen (secondary N) is 1. The predicted octanol–water partition coefficient (Wildman–Crippen LogP) is 1.80. The molecule has 2 rings (SSSR count). The monoisotopic (exact) mass is 234 g/mol. The zero-order valence-electron chi connectivity index (χ0n) is 9.89. The first kappa shape index (κ1) is 11.7. The topological polar surface area (TPSA) is 42.7 Å². The molecule has 0 radical (unpaired) electrons. The van der Waals surface area contributed by atoms with E-state index in [-0.39, 0.29) is 11.9 Å². The number of aryl methyl sites for hydroxylation is 1. The van der Waals surface area contributed by atoms with Gasteiger partial charge in [-0.2, -0.15) is 0 Å². The summed E-state index contributed by atoms with van der Waals surface area (Å²) in [5.41, 5.74) is 0.923. The van der Waals surface area contributed by atoms with Gasteiger partial charge in [0.15, 0.2) is 0 Å². The van der Waals surface area contributed by atoms with Crippen LogP contribution < -0.4 is 5.32 Å². The molecule has 1 N–H and O–H groups in total. The molecule has 0 saturated carbocycles. The zero-order valence-corrected chi connectivity index (χ0v) is 9.89. The highest BCUT2D eigenvalue weighted by Crippen LogP contribution is 2.13. The number of hydrogen-bond donors (Lipinski definition) is 1. The summed E-state index contributed by atoms with van der Waals surface area (Å²) < 4.78 is 14.9. The number of halogens is 1. The van der Waals surface area contributed by atoms with Crippen molar-refractivity contribution in [2.75, 3.05) is 0 Å². The summed E-state index contributed by atoms with van der Waals surface area (Å²) in [5, 5.41) is 11.1. The van der Waals surface area contributed by atoms with Crippen molar-refractivity contribution in [3.05, 3.63) is 47.8 Å². The second-order valence-corrected chi connectivity index (χ2v) is 4.02. The minimum atomic E-state index is -0.213. The molecular formula is C12H15FN4. The molecule has 0 bridgehead atoms. The van der Waals surface area contributed by atoms with Crippen LogP contribution >= 0.6 is 0 Å². The lowest BCUT2D eigenvalue weighted by Crippen LogP contribution is -2.20. The molecule has 0 amide bonds. The van der Waals surface area contributed by atoms with E-state index in [9.17, 15) is 4.39 Å². The Morgan fingerprint density at radius 1 is 1.47 bits per heavy atom. The SMILES string of the molecule is C[C@H](NCc1nncn1C)c1cccc(F)c1. The highest BCUT2D eigenvalue weighted by atomic mass is 19.1. The lowest BCUT2D eigenvalue weighted by molar-refractivity contribution is 0.542. The third kappa shape index (κ3) is 2.88. The Bertz CT molecular complexity index is 495. The van der Waals surface area contributed by atoms with Crippen LogP contribution in [0.2, 0.25) is 0 Å². The van der Waals surface area contributed by atoms with Crippen LogP contribution in [0.3, 0.4) is 0 Å². The molecule has 1 heterocycles. The Morgan fingerprint density at radius 2 is 2.29 bits per heavy atom. The number of nitrogens with zero attached hydrogens (tertiary/aromatic N) is 3. The minimum absolute atomic E-state index is 0.0717. The van der Waals surface area contributed by atoms with E-state index in [2.05, 4.69) is 15.5 Å². The molecular weight excluding hydrogens is 219 g/mol. The van der Waals surface area contributed by atoms with Crippen molar-refractivity contribution >= 4 is 0 Å². The molecule has 0 saturated heterocycles. The first-order chi connectivity index (χ1) is 8.16. The van der Waals surface area contributed by atoms with Crippen LogP contribution in [-0.2, 0) is 13.6 Å². The maximum atomic E-state index is 13.1. The molecule has 1 aromatic heterocycles. The zero-order chi connectivity index (χ0) is 12.3. The van der Waals surface area contributed by atoms with Crippen molar-refractivity contribution in [3.8, 4) is 0 Å². The summed E-state index contributed by atoms with van der Waals surface area (Å²) in [5.74, 6) is 0.642. The fraction of sp³-hybridized carbons (Fsp3) is 0.333. The van der Waals surface area contributed by atoms with Gasteiger partial charge < -0.3 is 9.88 Å². The van der Waals surface area contributed by atoms with Crippen LogP contribution in [0.25, 0.3) is 0 Å². The van der Waals surface area contributed by atoms with E-state index in [4.69, 9.17) is 0 Å². The fourth-order valence-electron chi connectivity index (χ4n) is 1.61. The summed E-state index contributed by atoms with van der Waals surface area (Å²) in [6, 6.07) is 6.66. The van der Waals surface area contributed by atoms with Crippen molar-refractivity contribution in [2.24, 2.45) is 7.05 Å². The molecule has 0 spiro atoms. The molecule has 5 heteroatoms. The van der Waals surface area contributed by atoms with Crippen molar-refractivity contribution in [1.29, 1.82) is 0 Å². The number of hydrogen-bond acceptors (Lipinski definition) is 3. The van der Waals surface area contributed by atoms with E-state index in [0.29, 0.717) is 6.54 Å². The Morgan fingerprint density at radius 3 is 2.94 bits per heavy atom. The summed E-state index contributed by atoms with van der Waals surface area (Å²) in [6.07, 6.45) is 1.66. The second-order valence-electron chi connectivity index (χ2n) is 4.02. The van der Waals surface area contributed by atoms with Crippen molar-refractivity contribution in [2.45, 2.75) is 19.5 Å². The Kier molecular flexibility index (Phi) is 3.49. The maximum absolute atomic E-state index is 13.1. The number of benzene rings is 1. The molecule has 0 aliphatic carbocycles. The Labute approximate surface area is 99.5 Å². The Balaban J connectivity index is 1.98. The van der Waals surface area contributed by atoms with Gasteiger partial charge in [0.25, 0.3) is 0 Å². The molecule has 0 fully saturated rings. The van der Waals surface area contributed by atoms with Crippen LogP contribution in [-0.4, -0.2) is 14.8 Å². The van der Waals surface area contributed by atoms with E-state index >= 15 is 0 Å². The average Bonchev–Trinajstić information content (AvgIpc) is 2.72. The summed E-state index contributed by atoms with van der Waals surface area (Å²) in [7, 11) is 1.89. The second kappa shape index (κ2) is 5.05. The van der Waals surface area contributed by atoms with Crippen LogP contribution in [0.1, 0.15) is 24.4 Å². The van der Waals surface area contributed by atoms with E-state index < -0.39 is 0 Å². The third-order valence-corrected chi connectivity index (χ3v) is 2.72. The van der Waals surface area contributed by atoms with Crippen LogP contribution in [0.15, 0.2) is 30.6 Å². The smallest absolute Gasteiger partial charge is 0.146 e. The van der Waals surface area contributed by atoms with Gasteiger partial charge in [-0.3, -0.25) is 0 Å². The average molecular weight is 234 g/mol. The number of aromatic nitrogens is 3. The quantitative estimate of drug-likeness (QED) is 0.877. The van der Waals surface area contributed by atoms with Crippen LogP contribution in [0.5, 0.6) is 0 Å². The van der Waals surface area contributed by atoms with Gasteiger partial charge in [-0.05, 0) is 24.6 Å². The summed E-state index contributed by atoms with van der Waals surface area (Å²) >= 11 is 0. The Hall–Kier alpha value is -1.75. The van der Waals surface area contributed by atoms with Gasteiger partial charge >= 0.3 is 0 Å². The van der Waals surface area contributed by atoms with Gasteiger partial charge in [-0.25, -0.2) is 4.39 Å². The van der Waals surface area contributed by atoms with E-state index in [1.54, 1.807) is 12.4 Å². The standard InChI is InChI=1S/C12H15FN4/c1-9(10-4-3-5-11(13)6-10)14-7-12-16-15-8-17(12)2/h3-6,8-9,14H,7H2,1-2H3/t9-/m0/s1. The molecule has 0 aliphatic rings. The minimum Gasteiger partial charge on any atom is -0.320 e. The summed E-state index contributed by atoms with van der Waals surface area (Å²) in [4.78, 5) is 0. The molecule has 0 aliphatic heterocycles. The molecule has 17 heavy (non-hydrogen) atoms. The van der Waals surface area contributed by atoms with Crippen LogP contribution in [0, 0.1) is 5.82 Å². The molecule has 1 aromatic carbocycles. The van der Waals surface area contributed by atoms with E-state index in [1.165, 1.54) is 12.1 Å². The number of rotatable bonds is 4. The van der Waals surface area contributed by atoms with Gasteiger partial charge in [0.05, 0.1) is 6.54 Å². The van der Waals surface area contributed by atoms with Gasteiger partial charge in [0.2, 0.25) is 0 Å². The predicted molar refractivity (Wildman–Crippen MR) is 62.7 cm³/mol. The summed E-state index contributed by atoms with van der Waals surface area (Å²) in [6.45, 7) is 2.60.